The molecule has 0 bridgehead atoms. The van der Waals surface area contributed by atoms with Gasteiger partial charge in [0.1, 0.15) is 5.82 Å². The fraction of sp³-hybridized carbons (Fsp3) is 0.500. The molecule has 1 aliphatic heterocycles. The predicted molar refractivity (Wildman–Crippen MR) is 78.1 cm³/mol. The molecule has 7 heteroatoms. The number of carbonyl (C=O) groups is 1. The Kier molecular flexibility index (Phi) is 4.34. The standard InChI is InChI=1S/C14H19FN2O3S/c1-10-4-5-12(15)8-13(10)14(18)16-6-7-17(11(2)9-16)21(3,19)20/h4-5,8,11H,6-7,9H2,1-3H3/t11-/m0/s1. The van der Waals surface area contributed by atoms with E-state index in [9.17, 15) is 17.6 Å². The van der Waals surface area contributed by atoms with E-state index in [1.807, 2.05) is 0 Å². The van der Waals surface area contributed by atoms with E-state index in [1.54, 1.807) is 24.8 Å². The van der Waals surface area contributed by atoms with Crippen LogP contribution in [0.1, 0.15) is 22.8 Å². The van der Waals surface area contributed by atoms with Gasteiger partial charge in [0.05, 0.1) is 6.26 Å². The van der Waals surface area contributed by atoms with E-state index in [4.69, 9.17) is 0 Å². The van der Waals surface area contributed by atoms with Gasteiger partial charge in [-0.1, -0.05) is 6.07 Å². The highest BCUT2D eigenvalue weighted by Crippen LogP contribution is 2.18. The van der Waals surface area contributed by atoms with Crippen molar-refractivity contribution in [2.75, 3.05) is 25.9 Å². The van der Waals surface area contributed by atoms with Gasteiger partial charge in [0.25, 0.3) is 5.91 Å². The zero-order chi connectivity index (χ0) is 15.8. The van der Waals surface area contributed by atoms with Crippen LogP contribution in [-0.2, 0) is 10.0 Å². The van der Waals surface area contributed by atoms with Gasteiger partial charge in [-0.2, -0.15) is 4.31 Å². The van der Waals surface area contributed by atoms with Crippen molar-refractivity contribution in [3.05, 3.63) is 35.1 Å². The summed E-state index contributed by atoms with van der Waals surface area (Å²) < 4.78 is 37.9. The zero-order valence-corrected chi connectivity index (χ0v) is 13.2. The smallest absolute Gasteiger partial charge is 0.254 e. The third-order valence-electron chi connectivity index (χ3n) is 3.71. The van der Waals surface area contributed by atoms with Crippen LogP contribution in [-0.4, -0.2) is 55.5 Å². The third kappa shape index (κ3) is 3.41. The first-order valence-electron chi connectivity index (χ1n) is 6.72. The second kappa shape index (κ2) is 5.73. The summed E-state index contributed by atoms with van der Waals surface area (Å²) in [6.45, 7) is 4.40. The Balaban J connectivity index is 2.18. The largest absolute Gasteiger partial charge is 0.336 e. The molecule has 0 N–H and O–H groups in total. The quantitative estimate of drug-likeness (QED) is 0.825. The molecule has 1 saturated heterocycles. The van der Waals surface area contributed by atoms with Crippen molar-refractivity contribution in [1.29, 1.82) is 0 Å². The number of piperazine rings is 1. The Hall–Kier alpha value is -1.47. The minimum Gasteiger partial charge on any atom is -0.336 e. The van der Waals surface area contributed by atoms with Gasteiger partial charge in [-0.3, -0.25) is 4.79 Å². The molecule has 5 nitrogen and oxygen atoms in total. The summed E-state index contributed by atoms with van der Waals surface area (Å²) in [6, 6.07) is 3.83. The molecule has 1 atom stereocenters. The van der Waals surface area contributed by atoms with Gasteiger partial charge in [0, 0.05) is 31.2 Å². The molecule has 0 aromatic heterocycles. The Labute approximate surface area is 124 Å². The maximum Gasteiger partial charge on any atom is 0.254 e. The lowest BCUT2D eigenvalue weighted by molar-refractivity contribution is 0.0641. The second-order valence-corrected chi connectivity index (χ2v) is 7.37. The van der Waals surface area contributed by atoms with E-state index < -0.39 is 15.8 Å². The number of aryl methyl sites for hydroxylation is 1. The van der Waals surface area contributed by atoms with Gasteiger partial charge in [0.2, 0.25) is 10.0 Å². The molecular weight excluding hydrogens is 295 g/mol. The predicted octanol–water partition coefficient (Wildman–Crippen LogP) is 1.24. The van der Waals surface area contributed by atoms with Crippen LogP contribution in [0.25, 0.3) is 0 Å². The number of benzene rings is 1. The van der Waals surface area contributed by atoms with Gasteiger partial charge < -0.3 is 4.90 Å². The van der Waals surface area contributed by atoms with Crippen LogP contribution in [0.4, 0.5) is 4.39 Å². The Morgan fingerprint density at radius 1 is 1.33 bits per heavy atom. The molecule has 1 amide bonds. The number of halogens is 1. The minimum atomic E-state index is -3.27. The van der Waals surface area contributed by atoms with Crippen LogP contribution in [0.15, 0.2) is 18.2 Å². The number of carbonyl (C=O) groups excluding carboxylic acids is 1. The SMILES string of the molecule is Cc1ccc(F)cc1C(=O)N1CCN(S(C)(=O)=O)[C@@H](C)C1. The highest BCUT2D eigenvalue weighted by Gasteiger charge is 2.32. The second-order valence-electron chi connectivity index (χ2n) is 5.43. The fourth-order valence-electron chi connectivity index (χ4n) is 2.61. The summed E-state index contributed by atoms with van der Waals surface area (Å²) in [4.78, 5) is 14.0. The van der Waals surface area contributed by atoms with Crippen molar-refractivity contribution in [2.24, 2.45) is 0 Å². The van der Waals surface area contributed by atoms with Crippen LogP contribution in [0, 0.1) is 12.7 Å². The molecule has 2 rings (SSSR count). The van der Waals surface area contributed by atoms with E-state index in [0.29, 0.717) is 24.2 Å². The van der Waals surface area contributed by atoms with E-state index in [-0.39, 0.29) is 18.5 Å². The number of nitrogens with zero attached hydrogens (tertiary/aromatic N) is 2. The zero-order valence-electron chi connectivity index (χ0n) is 12.3. The van der Waals surface area contributed by atoms with Crippen molar-refractivity contribution < 1.29 is 17.6 Å². The molecule has 1 heterocycles. The molecule has 0 saturated carbocycles. The molecular formula is C14H19FN2O3S. The Bertz CT molecular complexity index is 660. The van der Waals surface area contributed by atoms with E-state index in [2.05, 4.69) is 0 Å². The maximum atomic E-state index is 13.3. The first-order chi connectivity index (χ1) is 9.70. The van der Waals surface area contributed by atoms with Gasteiger partial charge in [0.15, 0.2) is 0 Å². The average Bonchev–Trinajstić information content (AvgIpc) is 2.39. The summed E-state index contributed by atoms with van der Waals surface area (Å²) in [6.07, 6.45) is 1.16. The maximum absolute atomic E-state index is 13.3. The van der Waals surface area contributed by atoms with Crippen LogP contribution in [0.5, 0.6) is 0 Å². The van der Waals surface area contributed by atoms with Gasteiger partial charge >= 0.3 is 0 Å². The lowest BCUT2D eigenvalue weighted by atomic mass is 10.1. The monoisotopic (exact) mass is 314 g/mol. The molecule has 21 heavy (non-hydrogen) atoms. The van der Waals surface area contributed by atoms with Crippen LogP contribution < -0.4 is 0 Å². The summed E-state index contributed by atoms with van der Waals surface area (Å²) >= 11 is 0. The minimum absolute atomic E-state index is 0.257. The highest BCUT2D eigenvalue weighted by atomic mass is 32.2. The molecule has 0 aliphatic carbocycles. The molecule has 1 aliphatic rings. The van der Waals surface area contributed by atoms with Crippen molar-refractivity contribution in [1.82, 2.24) is 9.21 Å². The fourth-order valence-corrected chi connectivity index (χ4v) is 3.75. The van der Waals surface area contributed by atoms with Gasteiger partial charge in [-0.05, 0) is 31.5 Å². The van der Waals surface area contributed by atoms with Crippen LogP contribution in [0.2, 0.25) is 0 Å². The molecule has 0 radical (unpaired) electrons. The average molecular weight is 314 g/mol. The molecule has 1 aromatic rings. The highest BCUT2D eigenvalue weighted by molar-refractivity contribution is 7.88. The Morgan fingerprint density at radius 3 is 2.57 bits per heavy atom. The summed E-state index contributed by atoms with van der Waals surface area (Å²) in [5.74, 6) is -0.709. The summed E-state index contributed by atoms with van der Waals surface area (Å²) in [7, 11) is -3.27. The van der Waals surface area contributed by atoms with E-state index >= 15 is 0 Å². The first-order valence-corrected chi connectivity index (χ1v) is 8.57. The van der Waals surface area contributed by atoms with Crippen molar-refractivity contribution in [2.45, 2.75) is 19.9 Å². The topological polar surface area (TPSA) is 57.7 Å². The van der Waals surface area contributed by atoms with Gasteiger partial charge in [-0.25, -0.2) is 12.8 Å². The van der Waals surface area contributed by atoms with E-state index in [0.717, 1.165) is 6.26 Å². The summed E-state index contributed by atoms with van der Waals surface area (Å²) in [5, 5.41) is 0. The van der Waals surface area contributed by atoms with Crippen LogP contribution in [0.3, 0.4) is 0 Å². The van der Waals surface area contributed by atoms with Crippen molar-refractivity contribution in [3.8, 4) is 0 Å². The number of hydrogen-bond donors (Lipinski definition) is 0. The molecule has 116 valence electrons. The van der Waals surface area contributed by atoms with Crippen LogP contribution >= 0.6 is 0 Å². The number of hydrogen-bond acceptors (Lipinski definition) is 3. The third-order valence-corrected chi connectivity index (χ3v) is 5.10. The lowest BCUT2D eigenvalue weighted by Gasteiger charge is -2.38. The molecule has 0 unspecified atom stereocenters. The van der Waals surface area contributed by atoms with Crippen molar-refractivity contribution in [3.63, 3.8) is 0 Å². The van der Waals surface area contributed by atoms with Crippen molar-refractivity contribution >= 4 is 15.9 Å². The normalized spacial score (nSPS) is 20.6. The summed E-state index contributed by atoms with van der Waals surface area (Å²) in [5.41, 5.74) is 1.04. The van der Waals surface area contributed by atoms with Gasteiger partial charge in [-0.15, -0.1) is 0 Å². The molecule has 1 fully saturated rings. The first kappa shape index (κ1) is 15.9. The molecule has 0 spiro atoms. The number of sulfonamides is 1. The van der Waals surface area contributed by atoms with E-state index in [1.165, 1.54) is 16.4 Å². The number of rotatable bonds is 2. The number of amides is 1. The molecule has 1 aromatic carbocycles. The lowest BCUT2D eigenvalue weighted by Crippen LogP contribution is -2.55. The Morgan fingerprint density at radius 2 is 2.00 bits per heavy atom.